The van der Waals surface area contributed by atoms with Gasteiger partial charge in [-0.2, -0.15) is 0 Å². The molecule has 0 atom stereocenters. The van der Waals surface area contributed by atoms with Gasteiger partial charge in [-0.05, 0) is 35.7 Å². The van der Waals surface area contributed by atoms with E-state index in [1.54, 1.807) is 18.6 Å². The van der Waals surface area contributed by atoms with E-state index >= 15 is 0 Å². The van der Waals surface area contributed by atoms with E-state index < -0.39 is 0 Å². The van der Waals surface area contributed by atoms with Crippen molar-refractivity contribution in [3.63, 3.8) is 0 Å². The summed E-state index contributed by atoms with van der Waals surface area (Å²) in [5, 5.41) is 2.94. The van der Waals surface area contributed by atoms with Gasteiger partial charge in [0.2, 0.25) is 5.91 Å². The van der Waals surface area contributed by atoms with Crippen LogP contribution in [0.3, 0.4) is 0 Å². The molecule has 0 radical (unpaired) electrons. The normalized spacial score (nSPS) is 10.3. The molecule has 0 aliphatic carbocycles. The second kappa shape index (κ2) is 8.02. The lowest BCUT2D eigenvalue weighted by molar-refractivity contribution is -0.121. The first-order valence-corrected chi connectivity index (χ1v) is 7.97. The van der Waals surface area contributed by atoms with E-state index in [0.29, 0.717) is 13.0 Å². The Hall–Kier alpha value is -3.01. The molecule has 1 amide bonds. The van der Waals surface area contributed by atoms with Crippen molar-refractivity contribution in [2.45, 2.75) is 19.4 Å². The summed E-state index contributed by atoms with van der Waals surface area (Å²) in [6.07, 6.45) is 6.56. The van der Waals surface area contributed by atoms with Gasteiger partial charge in [0.25, 0.3) is 0 Å². The van der Waals surface area contributed by atoms with Gasteiger partial charge in [0, 0.05) is 37.1 Å². The van der Waals surface area contributed by atoms with Crippen molar-refractivity contribution in [2.75, 3.05) is 0 Å². The minimum atomic E-state index is 0.0511. The summed E-state index contributed by atoms with van der Waals surface area (Å²) in [7, 11) is 0. The maximum absolute atomic E-state index is 11.9. The molecule has 2 heterocycles. The summed E-state index contributed by atoms with van der Waals surface area (Å²) >= 11 is 0. The molecule has 0 bridgehead atoms. The Morgan fingerprint density at radius 3 is 2.50 bits per heavy atom. The van der Waals surface area contributed by atoms with Crippen molar-refractivity contribution in [2.24, 2.45) is 0 Å². The van der Waals surface area contributed by atoms with E-state index in [1.165, 1.54) is 5.56 Å². The third kappa shape index (κ3) is 4.49. The highest BCUT2D eigenvalue weighted by Crippen LogP contribution is 2.15. The van der Waals surface area contributed by atoms with Gasteiger partial charge in [-0.25, -0.2) is 0 Å². The summed E-state index contributed by atoms with van der Waals surface area (Å²) in [6.45, 7) is 0.494. The topological polar surface area (TPSA) is 54.9 Å². The zero-order valence-corrected chi connectivity index (χ0v) is 13.4. The van der Waals surface area contributed by atoms with Gasteiger partial charge in [-0.15, -0.1) is 0 Å². The van der Waals surface area contributed by atoms with Gasteiger partial charge < -0.3 is 5.32 Å². The number of aromatic nitrogens is 2. The predicted molar refractivity (Wildman–Crippen MR) is 94.1 cm³/mol. The van der Waals surface area contributed by atoms with Gasteiger partial charge in [0.1, 0.15) is 0 Å². The van der Waals surface area contributed by atoms with Crippen LogP contribution in [0.5, 0.6) is 0 Å². The first kappa shape index (κ1) is 15.9. The highest BCUT2D eigenvalue weighted by atomic mass is 16.1. The Morgan fingerprint density at radius 2 is 1.79 bits per heavy atom. The Morgan fingerprint density at radius 1 is 0.917 bits per heavy atom. The van der Waals surface area contributed by atoms with Gasteiger partial charge in [0.15, 0.2) is 0 Å². The van der Waals surface area contributed by atoms with Crippen LogP contribution < -0.4 is 5.32 Å². The quantitative estimate of drug-likeness (QED) is 0.758. The predicted octanol–water partition coefficient (Wildman–Crippen LogP) is 3.39. The molecule has 0 fully saturated rings. The smallest absolute Gasteiger partial charge is 0.220 e. The number of hydrogen-bond acceptors (Lipinski definition) is 3. The number of amides is 1. The highest BCUT2D eigenvalue weighted by Gasteiger charge is 2.03. The molecule has 24 heavy (non-hydrogen) atoms. The molecule has 0 aliphatic heterocycles. The van der Waals surface area contributed by atoms with Crippen molar-refractivity contribution in [1.29, 1.82) is 0 Å². The lowest BCUT2D eigenvalue weighted by Gasteiger charge is -2.06. The number of pyridine rings is 2. The second-order valence-electron chi connectivity index (χ2n) is 5.56. The molecule has 1 aromatic carbocycles. The standard InChI is InChI=1S/C20H19N3O/c24-20(11-9-16-5-2-1-3-6-16)23-14-17-8-10-19(22-13-17)18-7-4-12-21-15-18/h1-8,10,12-13,15H,9,11,14H2,(H,23,24). The molecule has 2 aromatic heterocycles. The molecule has 0 unspecified atom stereocenters. The Kier molecular flexibility index (Phi) is 5.30. The summed E-state index contributed by atoms with van der Waals surface area (Å²) in [5.41, 5.74) is 4.02. The lowest BCUT2D eigenvalue weighted by Crippen LogP contribution is -2.23. The SMILES string of the molecule is O=C(CCc1ccccc1)NCc1ccc(-c2cccnc2)nc1. The molecule has 1 N–H and O–H groups in total. The van der Waals surface area contributed by atoms with Crippen molar-refractivity contribution in [1.82, 2.24) is 15.3 Å². The number of rotatable bonds is 6. The molecule has 0 saturated carbocycles. The van der Waals surface area contributed by atoms with Crippen molar-refractivity contribution >= 4 is 5.91 Å². The van der Waals surface area contributed by atoms with E-state index in [4.69, 9.17) is 0 Å². The van der Waals surface area contributed by atoms with E-state index in [2.05, 4.69) is 15.3 Å². The van der Waals surface area contributed by atoms with Gasteiger partial charge in [-0.1, -0.05) is 36.4 Å². The average molecular weight is 317 g/mol. The lowest BCUT2D eigenvalue weighted by atomic mass is 10.1. The third-order valence-electron chi connectivity index (χ3n) is 3.76. The van der Waals surface area contributed by atoms with Crippen LogP contribution >= 0.6 is 0 Å². The molecule has 3 aromatic rings. The fourth-order valence-electron chi connectivity index (χ4n) is 2.41. The third-order valence-corrected chi connectivity index (χ3v) is 3.76. The summed E-state index contributed by atoms with van der Waals surface area (Å²) in [6, 6.07) is 17.8. The number of aryl methyl sites for hydroxylation is 1. The van der Waals surface area contributed by atoms with Crippen LogP contribution in [-0.2, 0) is 17.8 Å². The molecule has 0 aliphatic rings. The maximum atomic E-state index is 11.9. The zero-order valence-electron chi connectivity index (χ0n) is 13.4. The minimum absolute atomic E-state index is 0.0511. The second-order valence-corrected chi connectivity index (χ2v) is 5.56. The van der Waals surface area contributed by atoms with Crippen LogP contribution in [0.15, 0.2) is 73.2 Å². The highest BCUT2D eigenvalue weighted by molar-refractivity contribution is 5.76. The molecular formula is C20H19N3O. The van der Waals surface area contributed by atoms with Crippen LogP contribution in [0.1, 0.15) is 17.5 Å². The maximum Gasteiger partial charge on any atom is 0.220 e. The number of carbonyl (C=O) groups excluding carboxylic acids is 1. The summed E-state index contributed by atoms with van der Waals surface area (Å²) in [4.78, 5) is 20.5. The summed E-state index contributed by atoms with van der Waals surface area (Å²) < 4.78 is 0. The fourth-order valence-corrected chi connectivity index (χ4v) is 2.41. The van der Waals surface area contributed by atoms with E-state index in [-0.39, 0.29) is 5.91 Å². The molecular weight excluding hydrogens is 298 g/mol. The number of nitrogens with one attached hydrogen (secondary N) is 1. The molecule has 3 rings (SSSR count). The number of nitrogens with zero attached hydrogens (tertiary/aromatic N) is 2. The van der Waals surface area contributed by atoms with Gasteiger partial charge in [0.05, 0.1) is 5.69 Å². The van der Waals surface area contributed by atoms with Crippen molar-refractivity contribution in [3.8, 4) is 11.3 Å². The van der Waals surface area contributed by atoms with Gasteiger partial charge in [-0.3, -0.25) is 14.8 Å². The molecule has 0 saturated heterocycles. The van der Waals surface area contributed by atoms with Crippen LogP contribution in [0.4, 0.5) is 0 Å². The molecule has 4 heteroatoms. The van der Waals surface area contributed by atoms with Gasteiger partial charge >= 0.3 is 0 Å². The van der Waals surface area contributed by atoms with Crippen LogP contribution in [0.25, 0.3) is 11.3 Å². The van der Waals surface area contributed by atoms with Crippen LogP contribution in [0, 0.1) is 0 Å². The zero-order chi connectivity index (χ0) is 16.6. The van der Waals surface area contributed by atoms with E-state index in [9.17, 15) is 4.79 Å². The fraction of sp³-hybridized carbons (Fsp3) is 0.150. The molecule has 120 valence electrons. The monoisotopic (exact) mass is 317 g/mol. The summed E-state index contributed by atoms with van der Waals surface area (Å²) in [5.74, 6) is 0.0511. The van der Waals surface area contributed by atoms with E-state index in [1.807, 2.05) is 54.6 Å². The minimum Gasteiger partial charge on any atom is -0.352 e. The molecule has 4 nitrogen and oxygen atoms in total. The van der Waals surface area contributed by atoms with E-state index in [0.717, 1.165) is 23.2 Å². The molecule has 0 spiro atoms. The average Bonchev–Trinajstić information content (AvgIpc) is 2.67. The number of benzene rings is 1. The first-order valence-electron chi connectivity index (χ1n) is 7.97. The number of hydrogen-bond donors (Lipinski definition) is 1. The van der Waals surface area contributed by atoms with Crippen molar-refractivity contribution < 1.29 is 4.79 Å². The first-order chi connectivity index (χ1) is 11.8. The Bertz CT molecular complexity index is 771. The van der Waals surface area contributed by atoms with Crippen molar-refractivity contribution in [3.05, 3.63) is 84.3 Å². The Labute approximate surface area is 141 Å². The number of carbonyl (C=O) groups is 1. The van der Waals surface area contributed by atoms with Crippen LogP contribution in [0.2, 0.25) is 0 Å². The Balaban J connectivity index is 1.49. The van der Waals surface area contributed by atoms with Crippen LogP contribution in [-0.4, -0.2) is 15.9 Å². The largest absolute Gasteiger partial charge is 0.352 e.